The number of benzene rings is 2. The van der Waals surface area contributed by atoms with Crippen LogP contribution in [-0.2, 0) is 16.4 Å². The Hall–Kier alpha value is -3.04. The molecule has 1 aliphatic rings. The summed E-state index contributed by atoms with van der Waals surface area (Å²) in [5.74, 6) is -0.0635. The molecular weight excluding hydrogens is 440 g/mol. The van der Waals surface area contributed by atoms with E-state index < -0.39 is 15.9 Å². The standard InChI is InChI=1S/C24H28N4O4S/c1-17-8-10-18(11-9-17)16-22-26-27-24(32-22)25-23(29)19-12-14-21(15-13-19)33(30,31)28(2)20-6-4-3-5-7-20/h8-15,20H,3-7,16H2,1-2H3,(H,25,27,29). The van der Waals surface area contributed by atoms with Gasteiger partial charge >= 0.3 is 6.01 Å². The molecule has 1 N–H and O–H groups in total. The van der Waals surface area contributed by atoms with Gasteiger partial charge in [-0.25, -0.2) is 8.42 Å². The first-order chi connectivity index (χ1) is 15.8. The molecule has 0 aliphatic heterocycles. The van der Waals surface area contributed by atoms with Crippen molar-refractivity contribution in [3.63, 3.8) is 0 Å². The Bertz CT molecular complexity index is 1200. The molecule has 8 nitrogen and oxygen atoms in total. The highest BCUT2D eigenvalue weighted by Crippen LogP contribution is 2.26. The predicted molar refractivity (Wildman–Crippen MR) is 125 cm³/mol. The second-order valence-electron chi connectivity index (χ2n) is 8.45. The van der Waals surface area contributed by atoms with Crippen molar-refractivity contribution in [2.75, 3.05) is 12.4 Å². The van der Waals surface area contributed by atoms with Gasteiger partial charge in [0, 0.05) is 18.7 Å². The van der Waals surface area contributed by atoms with Crippen LogP contribution in [0.2, 0.25) is 0 Å². The number of nitrogens with one attached hydrogen (secondary N) is 1. The molecule has 1 aliphatic carbocycles. The summed E-state index contributed by atoms with van der Waals surface area (Å²) in [6, 6.07) is 13.9. The zero-order valence-electron chi connectivity index (χ0n) is 18.8. The van der Waals surface area contributed by atoms with E-state index >= 15 is 0 Å². The van der Waals surface area contributed by atoms with Crippen LogP contribution in [0, 0.1) is 6.92 Å². The summed E-state index contributed by atoms with van der Waals surface area (Å²) in [7, 11) is -1.97. The largest absolute Gasteiger partial charge is 0.407 e. The molecule has 3 aromatic rings. The lowest BCUT2D eigenvalue weighted by molar-refractivity contribution is 0.102. The van der Waals surface area contributed by atoms with Crippen LogP contribution in [0.3, 0.4) is 0 Å². The first-order valence-corrected chi connectivity index (χ1v) is 12.5. The summed E-state index contributed by atoms with van der Waals surface area (Å²) in [6.07, 6.45) is 5.47. The third-order valence-electron chi connectivity index (χ3n) is 6.05. The maximum Gasteiger partial charge on any atom is 0.322 e. The SMILES string of the molecule is Cc1ccc(Cc2nnc(NC(=O)c3ccc(S(=O)(=O)N(C)C4CCCCC4)cc3)o2)cc1. The zero-order chi connectivity index (χ0) is 23.4. The average molecular weight is 469 g/mol. The van der Waals surface area contributed by atoms with Gasteiger partial charge in [0.1, 0.15) is 0 Å². The highest BCUT2D eigenvalue weighted by molar-refractivity contribution is 7.89. The molecule has 0 atom stereocenters. The van der Waals surface area contributed by atoms with Crippen molar-refractivity contribution >= 4 is 21.9 Å². The lowest BCUT2D eigenvalue weighted by Gasteiger charge is -2.30. The molecule has 2 aromatic carbocycles. The van der Waals surface area contributed by atoms with Gasteiger partial charge in [0.15, 0.2) is 0 Å². The van der Waals surface area contributed by atoms with Gasteiger partial charge in [-0.15, -0.1) is 5.10 Å². The number of anilines is 1. The van der Waals surface area contributed by atoms with Gasteiger partial charge in [0.05, 0.1) is 11.3 Å². The van der Waals surface area contributed by atoms with Gasteiger partial charge < -0.3 is 4.42 Å². The topological polar surface area (TPSA) is 105 Å². The molecule has 9 heteroatoms. The van der Waals surface area contributed by atoms with Gasteiger partial charge in [-0.1, -0.05) is 54.2 Å². The summed E-state index contributed by atoms with van der Waals surface area (Å²) in [5.41, 5.74) is 2.49. The number of aromatic nitrogens is 2. The van der Waals surface area contributed by atoms with Gasteiger partial charge in [0.2, 0.25) is 15.9 Å². The van der Waals surface area contributed by atoms with Crippen LogP contribution in [0.5, 0.6) is 0 Å². The van der Waals surface area contributed by atoms with Crippen LogP contribution in [0.4, 0.5) is 6.01 Å². The number of rotatable bonds is 7. The van der Waals surface area contributed by atoms with Crippen molar-refractivity contribution in [3.05, 3.63) is 71.1 Å². The van der Waals surface area contributed by atoms with Crippen LogP contribution < -0.4 is 5.32 Å². The number of aryl methyl sites for hydroxylation is 1. The van der Waals surface area contributed by atoms with Crippen molar-refractivity contribution in [2.45, 2.75) is 56.4 Å². The summed E-state index contributed by atoms with van der Waals surface area (Å²) < 4.78 is 32.9. The molecule has 33 heavy (non-hydrogen) atoms. The lowest BCUT2D eigenvalue weighted by atomic mass is 9.96. The Morgan fingerprint density at radius 3 is 2.36 bits per heavy atom. The third-order valence-corrected chi connectivity index (χ3v) is 7.97. The Morgan fingerprint density at radius 2 is 1.70 bits per heavy atom. The Balaban J connectivity index is 1.39. The minimum atomic E-state index is -3.61. The van der Waals surface area contributed by atoms with Crippen LogP contribution in [0.15, 0.2) is 57.8 Å². The summed E-state index contributed by atoms with van der Waals surface area (Å²) in [4.78, 5) is 12.7. The number of sulfonamides is 1. The molecule has 0 unspecified atom stereocenters. The van der Waals surface area contributed by atoms with Crippen molar-refractivity contribution in [1.82, 2.24) is 14.5 Å². The average Bonchev–Trinajstić information content (AvgIpc) is 3.27. The number of hydrogen-bond donors (Lipinski definition) is 1. The summed E-state index contributed by atoms with van der Waals surface area (Å²) in [5, 5.41) is 10.4. The molecule has 1 aromatic heterocycles. The molecular formula is C24H28N4O4S. The lowest BCUT2D eigenvalue weighted by Crippen LogP contribution is -2.38. The monoisotopic (exact) mass is 468 g/mol. The first kappa shape index (κ1) is 23.1. The number of nitrogens with zero attached hydrogens (tertiary/aromatic N) is 3. The summed E-state index contributed by atoms with van der Waals surface area (Å²) >= 11 is 0. The minimum absolute atomic E-state index is 0.00385. The van der Waals surface area contributed by atoms with E-state index in [-0.39, 0.29) is 17.0 Å². The zero-order valence-corrected chi connectivity index (χ0v) is 19.6. The van der Waals surface area contributed by atoms with Gasteiger partial charge in [-0.2, -0.15) is 4.31 Å². The molecule has 1 fully saturated rings. The number of hydrogen-bond acceptors (Lipinski definition) is 6. The summed E-state index contributed by atoms with van der Waals surface area (Å²) in [6.45, 7) is 2.01. The Labute approximate surface area is 194 Å². The predicted octanol–water partition coefficient (Wildman–Crippen LogP) is 4.17. The highest BCUT2D eigenvalue weighted by atomic mass is 32.2. The van der Waals surface area contributed by atoms with E-state index in [0.717, 1.165) is 43.2 Å². The number of carbonyl (C=O) groups is 1. The molecule has 0 spiro atoms. The fraction of sp³-hybridized carbons (Fsp3) is 0.375. The van der Waals surface area contributed by atoms with Crippen LogP contribution in [0.25, 0.3) is 0 Å². The van der Waals surface area contributed by atoms with Crippen LogP contribution in [0.1, 0.15) is 59.5 Å². The molecule has 1 heterocycles. The molecule has 4 rings (SSSR count). The fourth-order valence-corrected chi connectivity index (χ4v) is 5.43. The normalized spacial score (nSPS) is 15.0. The van der Waals surface area contributed by atoms with E-state index in [1.807, 2.05) is 31.2 Å². The minimum Gasteiger partial charge on any atom is -0.407 e. The third kappa shape index (κ3) is 5.48. The molecule has 0 saturated heterocycles. The van der Waals surface area contributed by atoms with Crippen molar-refractivity contribution < 1.29 is 17.6 Å². The number of amides is 1. The second-order valence-corrected chi connectivity index (χ2v) is 10.5. The Morgan fingerprint density at radius 1 is 1.03 bits per heavy atom. The molecule has 1 saturated carbocycles. The van der Waals surface area contributed by atoms with Crippen molar-refractivity contribution in [2.24, 2.45) is 0 Å². The van der Waals surface area contributed by atoms with Crippen molar-refractivity contribution in [1.29, 1.82) is 0 Å². The fourth-order valence-electron chi connectivity index (χ4n) is 4.01. The van der Waals surface area contributed by atoms with Gasteiger partial charge in [-0.3, -0.25) is 10.1 Å². The van der Waals surface area contributed by atoms with Crippen molar-refractivity contribution in [3.8, 4) is 0 Å². The second kappa shape index (κ2) is 9.84. The number of carbonyl (C=O) groups excluding carboxylic acids is 1. The van der Waals surface area contributed by atoms with Crippen LogP contribution >= 0.6 is 0 Å². The maximum atomic E-state index is 13.0. The first-order valence-electron chi connectivity index (χ1n) is 11.1. The van der Waals surface area contributed by atoms with E-state index in [1.54, 1.807) is 7.05 Å². The van der Waals surface area contributed by atoms with E-state index in [4.69, 9.17) is 4.42 Å². The Kier molecular flexibility index (Phi) is 6.90. The van der Waals surface area contributed by atoms with E-state index in [2.05, 4.69) is 15.5 Å². The van der Waals surface area contributed by atoms with Gasteiger partial charge in [-0.05, 0) is 49.6 Å². The molecule has 0 bridgehead atoms. The molecule has 174 valence electrons. The highest BCUT2D eigenvalue weighted by Gasteiger charge is 2.29. The molecule has 0 radical (unpaired) electrons. The van der Waals surface area contributed by atoms with E-state index in [9.17, 15) is 13.2 Å². The van der Waals surface area contributed by atoms with Gasteiger partial charge in [0.25, 0.3) is 5.91 Å². The quantitative estimate of drug-likeness (QED) is 0.558. The van der Waals surface area contributed by atoms with E-state index in [0.29, 0.717) is 17.9 Å². The maximum absolute atomic E-state index is 13.0. The smallest absolute Gasteiger partial charge is 0.322 e. The van der Waals surface area contributed by atoms with E-state index in [1.165, 1.54) is 28.6 Å². The molecule has 1 amide bonds. The van der Waals surface area contributed by atoms with Crippen LogP contribution in [-0.4, -0.2) is 41.9 Å².